The first-order valence-electron chi connectivity index (χ1n) is 8.60. The average molecular weight is 364 g/mol. The first kappa shape index (κ1) is 16.8. The smallest absolute Gasteiger partial charge is 0.274 e. The summed E-state index contributed by atoms with van der Waals surface area (Å²) in [5.74, 6) is 1.23. The molecule has 4 aromatic rings. The largest absolute Gasteiger partial charge is 0.496 e. The van der Waals surface area contributed by atoms with Gasteiger partial charge in [0.1, 0.15) is 5.75 Å². The minimum absolute atomic E-state index is 0.0139. The highest BCUT2D eigenvalue weighted by Gasteiger charge is 2.13. The Morgan fingerprint density at radius 1 is 1.23 bits per heavy atom. The molecule has 0 spiro atoms. The average Bonchev–Trinajstić information content (AvgIpc) is 3.12. The summed E-state index contributed by atoms with van der Waals surface area (Å²) >= 11 is 1.43. The maximum Gasteiger partial charge on any atom is 0.274 e. The zero-order chi connectivity index (χ0) is 18.4. The molecule has 2 aromatic carbocycles. The Labute approximate surface area is 155 Å². The lowest BCUT2D eigenvalue weighted by atomic mass is 9.96. The molecule has 5 heteroatoms. The van der Waals surface area contributed by atoms with Gasteiger partial charge in [-0.3, -0.25) is 4.79 Å². The summed E-state index contributed by atoms with van der Waals surface area (Å²) in [6.45, 7) is 6.32. The van der Waals surface area contributed by atoms with Crippen LogP contribution in [0, 0.1) is 6.92 Å². The van der Waals surface area contributed by atoms with Gasteiger partial charge in [0.25, 0.3) is 5.56 Å². The van der Waals surface area contributed by atoms with Crippen molar-refractivity contribution in [2.45, 2.75) is 26.7 Å². The number of para-hydroxylation sites is 2. The fourth-order valence-electron chi connectivity index (χ4n) is 3.25. The van der Waals surface area contributed by atoms with Crippen LogP contribution in [-0.4, -0.2) is 16.5 Å². The quantitative estimate of drug-likeness (QED) is 0.554. The summed E-state index contributed by atoms with van der Waals surface area (Å²) in [4.78, 5) is 18.2. The first-order valence-corrected chi connectivity index (χ1v) is 9.41. The van der Waals surface area contributed by atoms with Gasteiger partial charge in [0, 0.05) is 0 Å². The molecule has 0 bridgehead atoms. The van der Waals surface area contributed by atoms with Crippen molar-refractivity contribution < 1.29 is 4.74 Å². The molecule has 2 heterocycles. The van der Waals surface area contributed by atoms with Crippen LogP contribution in [-0.2, 0) is 0 Å². The van der Waals surface area contributed by atoms with Gasteiger partial charge in [0.2, 0.25) is 0 Å². The Morgan fingerprint density at radius 2 is 2.00 bits per heavy atom. The highest BCUT2D eigenvalue weighted by atomic mass is 32.1. The zero-order valence-corrected chi connectivity index (χ0v) is 16.1. The number of imidazole rings is 1. The number of ether oxygens (including phenoxy) is 1. The minimum Gasteiger partial charge on any atom is -0.496 e. The van der Waals surface area contributed by atoms with Crippen molar-refractivity contribution >= 4 is 33.4 Å². The number of fused-ring (bicyclic) bond motifs is 3. The van der Waals surface area contributed by atoms with Gasteiger partial charge in [-0.1, -0.05) is 37.3 Å². The van der Waals surface area contributed by atoms with Gasteiger partial charge in [-0.15, -0.1) is 0 Å². The molecule has 0 saturated carbocycles. The Morgan fingerprint density at radius 3 is 2.73 bits per heavy atom. The molecule has 0 radical (unpaired) electrons. The van der Waals surface area contributed by atoms with Crippen molar-refractivity contribution in [2.75, 3.05) is 7.11 Å². The number of methoxy groups -OCH3 is 1. The van der Waals surface area contributed by atoms with Crippen molar-refractivity contribution in [1.82, 2.24) is 9.38 Å². The lowest BCUT2D eigenvalue weighted by molar-refractivity contribution is 0.407. The normalized spacial score (nSPS) is 12.6. The van der Waals surface area contributed by atoms with Gasteiger partial charge in [0.15, 0.2) is 4.96 Å². The van der Waals surface area contributed by atoms with Gasteiger partial charge in [-0.2, -0.15) is 0 Å². The third kappa shape index (κ3) is 2.59. The number of aromatic nitrogens is 2. The Balaban J connectivity index is 1.96. The van der Waals surface area contributed by atoms with Gasteiger partial charge < -0.3 is 4.74 Å². The van der Waals surface area contributed by atoms with Crippen LogP contribution in [0.5, 0.6) is 5.75 Å². The summed E-state index contributed by atoms with van der Waals surface area (Å²) in [7, 11) is 1.69. The fourth-order valence-corrected chi connectivity index (χ4v) is 4.23. The number of nitrogens with zero attached hydrogens (tertiary/aromatic N) is 2. The summed E-state index contributed by atoms with van der Waals surface area (Å²) < 4.78 is 7.91. The highest BCUT2D eigenvalue weighted by molar-refractivity contribution is 7.15. The van der Waals surface area contributed by atoms with E-state index < -0.39 is 0 Å². The third-order valence-corrected chi connectivity index (χ3v) is 5.64. The van der Waals surface area contributed by atoms with Crippen molar-refractivity contribution in [3.63, 3.8) is 0 Å². The number of rotatable bonds is 3. The Bertz CT molecular complexity index is 1230. The standard InChI is InChI=1S/C21H20N2O2S/c1-12(2)15-10-14(13(3)9-18(15)25-4)11-19-20(24)23-17-8-6-5-7-16(17)22-21(23)26-19/h5-12H,1-4H3. The van der Waals surface area contributed by atoms with E-state index in [0.717, 1.165) is 38.4 Å². The molecule has 0 N–H and O–H groups in total. The summed E-state index contributed by atoms with van der Waals surface area (Å²) in [5, 5.41) is 0. The molecular formula is C21H20N2O2S. The van der Waals surface area contributed by atoms with Crippen molar-refractivity contribution in [2.24, 2.45) is 0 Å². The minimum atomic E-state index is -0.0139. The number of hydrogen-bond donors (Lipinski definition) is 0. The number of hydrogen-bond acceptors (Lipinski definition) is 4. The molecule has 4 nitrogen and oxygen atoms in total. The maximum atomic E-state index is 12.9. The van der Waals surface area contributed by atoms with Gasteiger partial charge in [-0.25, -0.2) is 9.38 Å². The topological polar surface area (TPSA) is 43.6 Å². The molecule has 26 heavy (non-hydrogen) atoms. The maximum absolute atomic E-state index is 12.9. The van der Waals surface area contributed by atoms with Crippen LogP contribution in [0.25, 0.3) is 22.1 Å². The second kappa shape index (κ2) is 6.25. The first-order chi connectivity index (χ1) is 12.5. The second-order valence-corrected chi connectivity index (χ2v) is 7.75. The molecule has 0 saturated heterocycles. The molecule has 0 unspecified atom stereocenters. The van der Waals surface area contributed by atoms with Gasteiger partial charge >= 0.3 is 0 Å². The molecule has 4 rings (SSSR count). The van der Waals surface area contributed by atoms with Crippen molar-refractivity contribution in [3.05, 3.63) is 68.0 Å². The van der Waals surface area contributed by atoms with Crippen LogP contribution in [0.15, 0.2) is 41.2 Å². The molecule has 0 fully saturated rings. The Hall–Kier alpha value is -2.66. The molecular weight excluding hydrogens is 344 g/mol. The molecule has 132 valence electrons. The van der Waals surface area contributed by atoms with E-state index >= 15 is 0 Å². The van der Waals surface area contributed by atoms with Crippen LogP contribution < -0.4 is 14.8 Å². The number of thiazole rings is 1. The van der Waals surface area contributed by atoms with Crippen LogP contribution in [0.2, 0.25) is 0 Å². The van der Waals surface area contributed by atoms with Gasteiger partial charge in [-0.05, 0) is 59.9 Å². The predicted octanol–water partition coefficient (Wildman–Crippen LogP) is 3.90. The van der Waals surface area contributed by atoms with Crippen LogP contribution in [0.1, 0.15) is 36.5 Å². The molecule has 2 aromatic heterocycles. The van der Waals surface area contributed by atoms with Crippen LogP contribution >= 0.6 is 11.3 Å². The fraction of sp³-hybridized carbons (Fsp3) is 0.238. The van der Waals surface area contributed by atoms with E-state index in [9.17, 15) is 4.79 Å². The summed E-state index contributed by atoms with van der Waals surface area (Å²) in [6.07, 6.45) is 1.97. The molecule has 0 atom stereocenters. The monoisotopic (exact) mass is 364 g/mol. The molecule has 0 aliphatic rings. The van der Waals surface area contributed by atoms with Gasteiger partial charge in [0.05, 0.1) is 22.7 Å². The molecule has 0 aliphatic heterocycles. The SMILES string of the molecule is COc1cc(C)c(C=c2sc3nc4ccccc4n3c2=O)cc1C(C)C. The Kier molecular flexibility index (Phi) is 4.04. The lowest BCUT2D eigenvalue weighted by Crippen LogP contribution is -2.22. The molecule has 0 aliphatic carbocycles. The van der Waals surface area contributed by atoms with E-state index in [1.807, 2.05) is 43.3 Å². The van der Waals surface area contributed by atoms with E-state index in [0.29, 0.717) is 10.5 Å². The van der Waals surface area contributed by atoms with Crippen molar-refractivity contribution in [3.8, 4) is 5.75 Å². The van der Waals surface area contributed by atoms with Crippen LogP contribution in [0.4, 0.5) is 0 Å². The number of aryl methyl sites for hydroxylation is 1. The summed E-state index contributed by atoms with van der Waals surface area (Å²) in [6, 6.07) is 11.9. The van der Waals surface area contributed by atoms with E-state index in [-0.39, 0.29) is 5.56 Å². The van der Waals surface area contributed by atoms with E-state index in [2.05, 4.69) is 24.9 Å². The lowest BCUT2D eigenvalue weighted by Gasteiger charge is -2.14. The summed E-state index contributed by atoms with van der Waals surface area (Å²) in [5.41, 5.74) is 4.97. The van der Waals surface area contributed by atoms with E-state index in [1.165, 1.54) is 11.3 Å². The highest BCUT2D eigenvalue weighted by Crippen LogP contribution is 2.30. The molecule has 0 amide bonds. The zero-order valence-electron chi connectivity index (χ0n) is 15.2. The van der Waals surface area contributed by atoms with Crippen LogP contribution in [0.3, 0.4) is 0 Å². The third-order valence-electron chi connectivity index (χ3n) is 4.67. The van der Waals surface area contributed by atoms with E-state index in [1.54, 1.807) is 11.5 Å². The number of benzene rings is 2. The predicted molar refractivity (Wildman–Crippen MR) is 107 cm³/mol. The van der Waals surface area contributed by atoms with E-state index in [4.69, 9.17) is 4.74 Å². The van der Waals surface area contributed by atoms with Crippen molar-refractivity contribution in [1.29, 1.82) is 0 Å². The second-order valence-electron chi connectivity index (χ2n) is 6.74.